The van der Waals surface area contributed by atoms with Crippen molar-refractivity contribution < 1.29 is 18.7 Å². The Morgan fingerprint density at radius 1 is 1.25 bits per heavy atom. The smallest absolute Gasteiger partial charge is 0.226 e. The molecule has 0 bridgehead atoms. The number of carbonyl (C=O) groups is 1. The molecule has 24 heavy (non-hydrogen) atoms. The number of nitrogens with zero attached hydrogens (tertiary/aromatic N) is 1. The van der Waals surface area contributed by atoms with Gasteiger partial charge in [-0.1, -0.05) is 30.0 Å². The first-order valence-corrected chi connectivity index (χ1v) is 11.3. The normalized spacial score (nSPS) is 12.3. The van der Waals surface area contributed by atoms with Crippen LogP contribution in [0.5, 0.6) is 5.75 Å². The standard InChI is InChI=1S/C17H29NO4SSi/c1-18(2)10-11-22-24(15-20-3)13-7-12-23-17(19)14-21-16-8-5-4-6-9-16/h4-6,8-9,24H,7,10-15H2,1-3H3. The van der Waals surface area contributed by atoms with Gasteiger partial charge in [-0.2, -0.15) is 0 Å². The maximum atomic E-state index is 11.8. The number of thioether (sulfide) groups is 1. The summed E-state index contributed by atoms with van der Waals surface area (Å²) in [5.74, 6) is 1.54. The van der Waals surface area contributed by atoms with Crippen molar-refractivity contribution in [3.05, 3.63) is 30.3 Å². The first-order chi connectivity index (χ1) is 11.6. The van der Waals surface area contributed by atoms with Gasteiger partial charge in [0.25, 0.3) is 0 Å². The Kier molecular flexibility index (Phi) is 11.9. The monoisotopic (exact) mass is 371 g/mol. The zero-order chi connectivity index (χ0) is 17.6. The van der Waals surface area contributed by atoms with Crippen LogP contribution in [0.15, 0.2) is 30.3 Å². The molecule has 0 aliphatic rings. The third kappa shape index (κ3) is 10.8. The number of ether oxygens (including phenoxy) is 2. The van der Waals surface area contributed by atoms with Gasteiger partial charge in [0.15, 0.2) is 6.61 Å². The van der Waals surface area contributed by atoms with Crippen LogP contribution in [0.4, 0.5) is 0 Å². The van der Waals surface area contributed by atoms with Crippen LogP contribution >= 0.6 is 11.8 Å². The molecule has 1 unspecified atom stereocenters. The lowest BCUT2D eigenvalue weighted by Crippen LogP contribution is -2.29. The van der Waals surface area contributed by atoms with E-state index < -0.39 is 9.04 Å². The summed E-state index contributed by atoms with van der Waals surface area (Å²) in [6.45, 7) is 1.80. The highest BCUT2D eigenvalue weighted by Gasteiger charge is 2.12. The van der Waals surface area contributed by atoms with E-state index in [0.717, 1.165) is 43.3 Å². The number of benzene rings is 1. The number of rotatable bonds is 13. The molecule has 1 aromatic carbocycles. The summed E-state index contributed by atoms with van der Waals surface area (Å²) in [5.41, 5.74) is 0. The maximum Gasteiger partial charge on any atom is 0.226 e. The summed E-state index contributed by atoms with van der Waals surface area (Å²) < 4.78 is 16.7. The molecule has 0 saturated heterocycles. The van der Waals surface area contributed by atoms with Crippen molar-refractivity contribution in [1.82, 2.24) is 4.90 Å². The van der Waals surface area contributed by atoms with Gasteiger partial charge in [0.2, 0.25) is 14.2 Å². The lowest BCUT2D eigenvalue weighted by Gasteiger charge is -2.17. The van der Waals surface area contributed by atoms with Crippen LogP contribution in [0.25, 0.3) is 0 Å². The fourth-order valence-electron chi connectivity index (χ4n) is 2.00. The highest BCUT2D eigenvalue weighted by Crippen LogP contribution is 2.12. The molecule has 1 atom stereocenters. The van der Waals surface area contributed by atoms with Crippen molar-refractivity contribution in [2.45, 2.75) is 12.5 Å². The second-order valence-corrected chi connectivity index (χ2v) is 9.36. The summed E-state index contributed by atoms with van der Waals surface area (Å²) in [6, 6.07) is 10.4. The minimum absolute atomic E-state index is 0.0670. The highest BCUT2D eigenvalue weighted by atomic mass is 32.2. The predicted molar refractivity (Wildman–Crippen MR) is 102 cm³/mol. The van der Waals surface area contributed by atoms with Gasteiger partial charge >= 0.3 is 0 Å². The van der Waals surface area contributed by atoms with Crippen LogP contribution in [0.1, 0.15) is 6.42 Å². The van der Waals surface area contributed by atoms with Crippen LogP contribution < -0.4 is 4.74 Å². The summed E-state index contributed by atoms with van der Waals surface area (Å²) >= 11 is 1.34. The van der Waals surface area contributed by atoms with Gasteiger partial charge in [0.05, 0.1) is 6.23 Å². The predicted octanol–water partition coefficient (Wildman–Crippen LogP) is 2.20. The van der Waals surface area contributed by atoms with E-state index in [0.29, 0.717) is 0 Å². The fourth-order valence-corrected chi connectivity index (χ4v) is 4.88. The third-order valence-electron chi connectivity index (χ3n) is 3.28. The van der Waals surface area contributed by atoms with Crippen LogP contribution in [-0.4, -0.2) is 72.0 Å². The van der Waals surface area contributed by atoms with Gasteiger partial charge in [0.1, 0.15) is 5.75 Å². The summed E-state index contributed by atoms with van der Waals surface area (Å²) in [5, 5.41) is 0.0670. The molecule has 0 aliphatic carbocycles. The van der Waals surface area contributed by atoms with E-state index in [4.69, 9.17) is 13.9 Å². The first kappa shape index (κ1) is 21.2. The topological polar surface area (TPSA) is 48.0 Å². The summed E-state index contributed by atoms with van der Waals surface area (Å²) in [7, 11) is 4.47. The molecule has 0 spiro atoms. The van der Waals surface area contributed by atoms with Crippen molar-refractivity contribution >= 4 is 25.9 Å². The highest BCUT2D eigenvalue weighted by molar-refractivity contribution is 8.13. The summed E-state index contributed by atoms with van der Waals surface area (Å²) in [4.78, 5) is 13.9. The number of hydrogen-bond donors (Lipinski definition) is 0. The fraction of sp³-hybridized carbons (Fsp3) is 0.588. The van der Waals surface area contributed by atoms with Crippen LogP contribution in [0.2, 0.25) is 6.04 Å². The molecular weight excluding hydrogens is 342 g/mol. The quantitative estimate of drug-likeness (QED) is 0.391. The average Bonchev–Trinajstić information content (AvgIpc) is 2.57. The lowest BCUT2D eigenvalue weighted by atomic mass is 10.3. The lowest BCUT2D eigenvalue weighted by molar-refractivity contribution is -0.112. The van der Waals surface area contributed by atoms with Crippen molar-refractivity contribution in [1.29, 1.82) is 0 Å². The van der Waals surface area contributed by atoms with E-state index in [1.807, 2.05) is 44.4 Å². The average molecular weight is 372 g/mol. The molecule has 5 nitrogen and oxygen atoms in total. The molecular formula is C17H29NO4SSi. The molecule has 0 amide bonds. The largest absolute Gasteiger partial charge is 0.485 e. The van der Waals surface area contributed by atoms with E-state index in [1.165, 1.54) is 11.8 Å². The number of likely N-dealkylation sites (N-methyl/N-ethyl adjacent to an activating group) is 1. The van der Waals surface area contributed by atoms with Gasteiger partial charge < -0.3 is 18.8 Å². The Hall–Kier alpha value is -0.863. The summed E-state index contributed by atoms with van der Waals surface area (Å²) in [6.07, 6.45) is 1.70. The molecule has 0 fully saturated rings. The van der Waals surface area contributed by atoms with Crippen LogP contribution in [0, 0.1) is 0 Å². The van der Waals surface area contributed by atoms with E-state index in [2.05, 4.69) is 4.90 Å². The molecule has 136 valence electrons. The third-order valence-corrected chi connectivity index (χ3v) is 6.68. The van der Waals surface area contributed by atoms with Gasteiger partial charge in [-0.15, -0.1) is 0 Å². The van der Waals surface area contributed by atoms with Gasteiger partial charge in [0, 0.05) is 26.0 Å². The molecule has 0 saturated carbocycles. The second-order valence-electron chi connectivity index (χ2n) is 5.72. The van der Waals surface area contributed by atoms with Crippen molar-refractivity contribution in [3.63, 3.8) is 0 Å². The second kappa shape index (κ2) is 13.4. The van der Waals surface area contributed by atoms with Gasteiger partial charge in [-0.3, -0.25) is 4.79 Å². The SMILES string of the molecule is COC[SiH](CCCSC(=O)COc1ccccc1)OCCN(C)C. The van der Waals surface area contributed by atoms with Gasteiger partial charge in [-0.05, 0) is 38.7 Å². The molecule has 0 N–H and O–H groups in total. The molecule has 1 aromatic rings. The number of hydrogen-bond acceptors (Lipinski definition) is 6. The van der Waals surface area contributed by atoms with Crippen LogP contribution in [-0.2, 0) is 14.0 Å². The Morgan fingerprint density at radius 3 is 2.67 bits per heavy atom. The van der Waals surface area contributed by atoms with Gasteiger partial charge in [-0.25, -0.2) is 0 Å². The Morgan fingerprint density at radius 2 is 2.00 bits per heavy atom. The number of methoxy groups -OCH3 is 1. The first-order valence-electron chi connectivity index (χ1n) is 8.20. The zero-order valence-corrected chi connectivity index (χ0v) is 16.9. The van der Waals surface area contributed by atoms with E-state index >= 15 is 0 Å². The van der Waals surface area contributed by atoms with E-state index in [-0.39, 0.29) is 11.7 Å². The molecule has 0 aromatic heterocycles. The minimum Gasteiger partial charge on any atom is -0.485 e. The van der Waals surface area contributed by atoms with E-state index in [1.54, 1.807) is 7.11 Å². The molecule has 7 heteroatoms. The Labute approximate surface area is 151 Å². The molecule has 0 radical (unpaired) electrons. The number of para-hydroxylation sites is 1. The maximum absolute atomic E-state index is 11.8. The Balaban J connectivity index is 2.11. The van der Waals surface area contributed by atoms with Crippen molar-refractivity contribution in [3.8, 4) is 5.75 Å². The molecule has 0 aliphatic heterocycles. The Bertz CT molecular complexity index is 447. The van der Waals surface area contributed by atoms with E-state index in [9.17, 15) is 4.79 Å². The van der Waals surface area contributed by atoms with Crippen LogP contribution in [0.3, 0.4) is 0 Å². The molecule has 0 heterocycles. The zero-order valence-electron chi connectivity index (χ0n) is 14.9. The minimum atomic E-state index is -1.33. The van der Waals surface area contributed by atoms with Crippen molar-refractivity contribution in [2.75, 3.05) is 52.9 Å². The van der Waals surface area contributed by atoms with Crippen molar-refractivity contribution in [2.24, 2.45) is 0 Å². The molecule has 1 rings (SSSR count). The number of carbonyl (C=O) groups excluding carboxylic acids is 1.